The highest BCUT2D eigenvalue weighted by molar-refractivity contribution is 5.71. The minimum absolute atomic E-state index is 0.0737. The quantitative estimate of drug-likeness (QED) is 0.0261. The second kappa shape index (κ2) is 69.9. The van der Waals surface area contributed by atoms with Crippen molar-refractivity contribution in [1.29, 1.82) is 0 Å². The highest BCUT2D eigenvalue weighted by Gasteiger charge is 2.19. The summed E-state index contributed by atoms with van der Waals surface area (Å²) in [5.74, 6) is -0.862. The summed E-state index contributed by atoms with van der Waals surface area (Å²) in [6.45, 7) is 6.67. The molecule has 0 spiro atoms. The summed E-state index contributed by atoms with van der Waals surface area (Å²) in [6, 6.07) is 0. The van der Waals surface area contributed by atoms with Gasteiger partial charge in [0, 0.05) is 19.3 Å². The Morgan fingerprint density at radius 2 is 0.444 bits per heavy atom. The summed E-state index contributed by atoms with van der Waals surface area (Å²) in [5, 5.41) is 0. The minimum Gasteiger partial charge on any atom is -0.462 e. The first-order valence-electron chi connectivity index (χ1n) is 36.1. The molecule has 6 nitrogen and oxygen atoms in total. The van der Waals surface area contributed by atoms with Gasteiger partial charge in [0.15, 0.2) is 6.10 Å². The summed E-state index contributed by atoms with van der Waals surface area (Å²) >= 11 is 0. The van der Waals surface area contributed by atoms with E-state index in [9.17, 15) is 14.4 Å². The Hall–Kier alpha value is -2.63. The van der Waals surface area contributed by atoms with Crippen molar-refractivity contribution in [2.45, 2.75) is 399 Å². The Labute approximate surface area is 505 Å². The van der Waals surface area contributed by atoms with Crippen LogP contribution in [-0.4, -0.2) is 37.2 Å². The van der Waals surface area contributed by atoms with E-state index in [1.807, 2.05) is 0 Å². The molecule has 1 atom stereocenters. The molecule has 0 bridgehead atoms. The summed E-state index contributed by atoms with van der Waals surface area (Å²) in [6.07, 6.45) is 88.6. The molecule has 0 radical (unpaired) electrons. The predicted molar refractivity (Wildman–Crippen MR) is 353 cm³/mol. The molecule has 0 aliphatic carbocycles. The fourth-order valence-corrected chi connectivity index (χ4v) is 10.8. The molecule has 0 amide bonds. The van der Waals surface area contributed by atoms with Crippen LogP contribution in [0.4, 0.5) is 0 Å². The minimum atomic E-state index is -0.779. The molecule has 6 heteroatoms. The fraction of sp³-hybridized carbons (Fsp3) is 0.853. The number of hydrogen-bond acceptors (Lipinski definition) is 6. The lowest BCUT2D eigenvalue weighted by Crippen LogP contribution is -2.30. The molecule has 0 fully saturated rings. The predicted octanol–water partition coefficient (Wildman–Crippen LogP) is 24.9. The number of carbonyl (C=O) groups excluding carboxylic acids is 3. The summed E-state index contributed by atoms with van der Waals surface area (Å²) < 4.78 is 17.0. The van der Waals surface area contributed by atoms with Crippen LogP contribution in [0.3, 0.4) is 0 Å². The van der Waals surface area contributed by atoms with Crippen LogP contribution in [0.5, 0.6) is 0 Å². The van der Waals surface area contributed by atoms with Gasteiger partial charge < -0.3 is 14.2 Å². The molecule has 0 saturated heterocycles. The van der Waals surface area contributed by atoms with Crippen LogP contribution >= 0.6 is 0 Å². The smallest absolute Gasteiger partial charge is 0.306 e. The highest BCUT2D eigenvalue weighted by Crippen LogP contribution is 2.18. The molecule has 0 aromatic heterocycles. The number of carbonyl (C=O) groups is 3. The molecular weight excluding hydrogens is 997 g/mol. The normalized spacial score (nSPS) is 12.3. The maximum Gasteiger partial charge on any atom is 0.306 e. The van der Waals surface area contributed by atoms with Gasteiger partial charge in [0.05, 0.1) is 0 Å². The molecule has 0 N–H and O–H groups in total. The zero-order chi connectivity index (χ0) is 58.5. The average Bonchev–Trinajstić information content (AvgIpc) is 3.46. The van der Waals surface area contributed by atoms with E-state index in [0.29, 0.717) is 19.3 Å². The van der Waals surface area contributed by atoms with Crippen molar-refractivity contribution in [1.82, 2.24) is 0 Å². The van der Waals surface area contributed by atoms with Crippen LogP contribution in [-0.2, 0) is 28.6 Å². The van der Waals surface area contributed by atoms with Crippen molar-refractivity contribution in [2.75, 3.05) is 13.2 Å². The fourth-order valence-electron chi connectivity index (χ4n) is 10.8. The Bertz CT molecular complexity index is 1400. The van der Waals surface area contributed by atoms with Crippen LogP contribution in [0.25, 0.3) is 0 Å². The monoisotopic (exact) mass is 1140 g/mol. The van der Waals surface area contributed by atoms with Gasteiger partial charge in [-0.05, 0) is 103 Å². The van der Waals surface area contributed by atoms with Crippen LogP contribution < -0.4 is 0 Å². The topological polar surface area (TPSA) is 78.9 Å². The summed E-state index contributed by atoms with van der Waals surface area (Å²) in [7, 11) is 0. The molecule has 0 aromatic carbocycles. The van der Waals surface area contributed by atoms with E-state index in [0.717, 1.165) is 70.6 Å². The van der Waals surface area contributed by atoms with Gasteiger partial charge in [0.25, 0.3) is 0 Å². The van der Waals surface area contributed by atoms with E-state index in [1.165, 1.54) is 283 Å². The third-order valence-corrected chi connectivity index (χ3v) is 16.3. The number of unbranched alkanes of at least 4 members (excludes halogenated alkanes) is 48. The molecule has 1 unspecified atom stereocenters. The van der Waals surface area contributed by atoms with Gasteiger partial charge in [0.1, 0.15) is 13.2 Å². The molecule has 0 rings (SSSR count). The first kappa shape index (κ1) is 78.4. The number of ether oxygens (including phenoxy) is 3. The van der Waals surface area contributed by atoms with E-state index in [1.54, 1.807) is 0 Å². The van der Waals surface area contributed by atoms with Gasteiger partial charge in [-0.3, -0.25) is 14.4 Å². The van der Waals surface area contributed by atoms with Crippen LogP contribution in [0.15, 0.2) is 48.6 Å². The van der Waals surface area contributed by atoms with E-state index >= 15 is 0 Å². The zero-order valence-electron chi connectivity index (χ0n) is 54.6. The van der Waals surface area contributed by atoms with Gasteiger partial charge in [0.2, 0.25) is 0 Å². The Morgan fingerprint density at radius 1 is 0.247 bits per heavy atom. The first-order chi connectivity index (χ1) is 40.0. The lowest BCUT2D eigenvalue weighted by molar-refractivity contribution is -0.167. The maximum absolute atomic E-state index is 12.9. The lowest BCUT2D eigenvalue weighted by atomic mass is 10.0. The number of allylic oxidation sites excluding steroid dienone is 8. The van der Waals surface area contributed by atoms with Crippen LogP contribution in [0, 0.1) is 0 Å². The molecule has 0 saturated carbocycles. The summed E-state index contributed by atoms with van der Waals surface area (Å²) in [5.41, 5.74) is 0. The second-order valence-corrected chi connectivity index (χ2v) is 24.5. The van der Waals surface area contributed by atoms with Gasteiger partial charge in [-0.15, -0.1) is 0 Å². The van der Waals surface area contributed by atoms with Crippen molar-refractivity contribution in [2.24, 2.45) is 0 Å². The van der Waals surface area contributed by atoms with E-state index in [4.69, 9.17) is 14.2 Å². The molecule has 0 aliphatic heterocycles. The SMILES string of the molecule is CCCCCC/C=C\CCCCCCCC(=O)OCC(COC(=O)CCCCCCCCCCCCCCCCCCC/C=C\CCCCCCCCCC)OC(=O)CCCCCCCCCCC/C=C\C/C=C\CCCCCCC. The number of esters is 3. The van der Waals surface area contributed by atoms with E-state index in [2.05, 4.69) is 69.4 Å². The lowest BCUT2D eigenvalue weighted by Gasteiger charge is -2.18. The number of hydrogen-bond donors (Lipinski definition) is 0. The van der Waals surface area contributed by atoms with Crippen molar-refractivity contribution in [3.05, 3.63) is 48.6 Å². The van der Waals surface area contributed by atoms with Crippen molar-refractivity contribution >= 4 is 17.9 Å². The van der Waals surface area contributed by atoms with E-state index < -0.39 is 6.10 Å². The van der Waals surface area contributed by atoms with Crippen molar-refractivity contribution in [3.63, 3.8) is 0 Å². The van der Waals surface area contributed by atoms with Gasteiger partial charge in [-0.1, -0.05) is 320 Å². The Morgan fingerprint density at radius 3 is 0.704 bits per heavy atom. The second-order valence-electron chi connectivity index (χ2n) is 24.5. The molecule has 81 heavy (non-hydrogen) atoms. The Kier molecular flexibility index (Phi) is 67.6. The van der Waals surface area contributed by atoms with Gasteiger partial charge in [-0.25, -0.2) is 0 Å². The maximum atomic E-state index is 12.9. The standard InChI is InChI=1S/C75H138O6/c1-4-7-10-13-16-19-22-25-27-29-31-33-34-35-36-37-38-39-40-42-43-45-47-50-53-56-59-62-65-68-74(77)80-71-72(70-79-73(76)67-64-61-58-55-52-49-24-21-18-15-12-9-6-3)81-75(78)69-66-63-60-57-54-51-48-46-44-41-32-30-28-26-23-20-17-14-11-8-5-2/h21,23-24,26,29-32,72H,4-20,22,25,27-28,33-71H2,1-3H3/b24-21-,26-23-,31-29-,32-30-. The number of rotatable bonds is 67. The third kappa shape index (κ3) is 68.0. The third-order valence-electron chi connectivity index (χ3n) is 16.3. The van der Waals surface area contributed by atoms with Crippen LogP contribution in [0.1, 0.15) is 393 Å². The van der Waals surface area contributed by atoms with Crippen molar-refractivity contribution < 1.29 is 28.6 Å². The molecular formula is C75H138O6. The molecule has 474 valence electrons. The van der Waals surface area contributed by atoms with Crippen molar-refractivity contribution in [3.8, 4) is 0 Å². The van der Waals surface area contributed by atoms with E-state index in [-0.39, 0.29) is 31.1 Å². The summed E-state index contributed by atoms with van der Waals surface area (Å²) in [4.78, 5) is 38.4. The molecule has 0 aromatic rings. The average molecular weight is 1140 g/mol. The largest absolute Gasteiger partial charge is 0.462 e. The van der Waals surface area contributed by atoms with Gasteiger partial charge in [-0.2, -0.15) is 0 Å². The molecule has 0 heterocycles. The highest BCUT2D eigenvalue weighted by atomic mass is 16.6. The molecule has 0 aliphatic rings. The first-order valence-corrected chi connectivity index (χ1v) is 36.1. The Balaban J connectivity index is 4.21. The van der Waals surface area contributed by atoms with Gasteiger partial charge >= 0.3 is 17.9 Å². The zero-order valence-corrected chi connectivity index (χ0v) is 54.6. The van der Waals surface area contributed by atoms with Crippen LogP contribution in [0.2, 0.25) is 0 Å².